The molecule has 0 amide bonds. The third kappa shape index (κ3) is 1.94. The van der Waals surface area contributed by atoms with Crippen LogP contribution in [0.2, 0.25) is 0 Å². The summed E-state index contributed by atoms with van der Waals surface area (Å²) in [5.41, 5.74) is 4.19. The lowest BCUT2D eigenvalue weighted by molar-refractivity contribution is 0.0517. The Balaban J connectivity index is 2.19. The predicted octanol–water partition coefficient (Wildman–Crippen LogP) is 1.81. The van der Waals surface area contributed by atoms with E-state index in [-0.39, 0.29) is 5.97 Å². The molecule has 6 nitrogen and oxygen atoms in total. The maximum absolute atomic E-state index is 12.0. The second-order valence-electron chi connectivity index (χ2n) is 4.61. The van der Waals surface area contributed by atoms with E-state index in [1.54, 1.807) is 17.8 Å². The van der Waals surface area contributed by atoms with E-state index in [1.165, 1.54) is 0 Å². The van der Waals surface area contributed by atoms with Crippen molar-refractivity contribution in [2.45, 2.75) is 19.8 Å². The molecule has 20 heavy (non-hydrogen) atoms. The van der Waals surface area contributed by atoms with Crippen LogP contribution in [0, 0.1) is 4.77 Å². The van der Waals surface area contributed by atoms with E-state index < -0.39 is 0 Å². The summed E-state index contributed by atoms with van der Waals surface area (Å²) in [5, 5.41) is 4.31. The van der Waals surface area contributed by atoms with Gasteiger partial charge in [0.05, 0.1) is 18.0 Å². The number of rotatable bonds is 2. The summed E-state index contributed by atoms with van der Waals surface area (Å²) in [7, 11) is 1.81. The zero-order valence-corrected chi connectivity index (χ0v) is 12.1. The topological polar surface area (TPSA) is 72.8 Å². The Hall–Kier alpha value is -2.02. The van der Waals surface area contributed by atoms with E-state index in [4.69, 9.17) is 17.0 Å². The Bertz CT molecular complexity index is 747. The number of H-pyrrole nitrogens is 1. The Labute approximate surface area is 120 Å². The number of nitrogens with one attached hydrogen (secondary N) is 1. The highest BCUT2D eigenvalue weighted by molar-refractivity contribution is 7.71. The van der Waals surface area contributed by atoms with Crippen molar-refractivity contribution >= 4 is 18.2 Å². The highest BCUT2D eigenvalue weighted by atomic mass is 32.1. The summed E-state index contributed by atoms with van der Waals surface area (Å²) in [6.07, 6.45) is 3.34. The highest BCUT2D eigenvalue weighted by Gasteiger charge is 2.28. The molecule has 3 rings (SSSR count). The summed E-state index contributed by atoms with van der Waals surface area (Å²) >= 11 is 5.08. The van der Waals surface area contributed by atoms with Gasteiger partial charge in [0.2, 0.25) is 0 Å². The van der Waals surface area contributed by atoms with Gasteiger partial charge < -0.3 is 9.72 Å². The van der Waals surface area contributed by atoms with Gasteiger partial charge in [-0.05, 0) is 37.5 Å². The predicted molar refractivity (Wildman–Crippen MR) is 75.0 cm³/mol. The first-order chi connectivity index (χ1) is 9.61. The van der Waals surface area contributed by atoms with Gasteiger partial charge in [0, 0.05) is 18.8 Å². The smallest absolute Gasteiger partial charge is 0.359 e. The van der Waals surface area contributed by atoms with Gasteiger partial charge in [-0.2, -0.15) is 5.10 Å². The van der Waals surface area contributed by atoms with Crippen molar-refractivity contribution in [2.75, 3.05) is 6.61 Å². The van der Waals surface area contributed by atoms with Crippen LogP contribution < -0.4 is 0 Å². The second-order valence-corrected chi connectivity index (χ2v) is 5.00. The molecule has 7 heteroatoms. The van der Waals surface area contributed by atoms with Crippen LogP contribution in [0.1, 0.15) is 28.5 Å². The maximum Gasteiger partial charge on any atom is 0.359 e. The van der Waals surface area contributed by atoms with Gasteiger partial charge in [-0.25, -0.2) is 9.78 Å². The SMILES string of the molecule is CCOC(=O)c1nn(C)c2c1CCc1cnc(=S)[nH]c1-2. The first-order valence-electron chi connectivity index (χ1n) is 6.43. The number of hydrogen-bond donors (Lipinski definition) is 1. The Morgan fingerprint density at radius 2 is 2.35 bits per heavy atom. The Morgan fingerprint density at radius 3 is 3.10 bits per heavy atom. The van der Waals surface area contributed by atoms with Gasteiger partial charge in [-0.15, -0.1) is 0 Å². The highest BCUT2D eigenvalue weighted by Crippen LogP contribution is 2.33. The largest absolute Gasteiger partial charge is 0.461 e. The molecule has 2 aromatic rings. The van der Waals surface area contributed by atoms with Crippen molar-refractivity contribution < 1.29 is 9.53 Å². The summed E-state index contributed by atoms with van der Waals surface area (Å²) in [6.45, 7) is 2.12. The minimum Gasteiger partial charge on any atom is -0.461 e. The number of ether oxygens (including phenoxy) is 1. The number of nitrogens with zero attached hydrogens (tertiary/aromatic N) is 3. The van der Waals surface area contributed by atoms with Crippen molar-refractivity contribution in [1.82, 2.24) is 19.7 Å². The van der Waals surface area contributed by atoms with E-state index >= 15 is 0 Å². The van der Waals surface area contributed by atoms with Crippen molar-refractivity contribution in [3.05, 3.63) is 27.8 Å². The molecular formula is C13H14N4O2S. The van der Waals surface area contributed by atoms with Crippen LogP contribution in [0.15, 0.2) is 6.20 Å². The van der Waals surface area contributed by atoms with Crippen LogP contribution in [-0.4, -0.2) is 32.3 Å². The number of fused-ring (bicyclic) bond motifs is 3. The van der Waals surface area contributed by atoms with Crippen LogP contribution in [0.5, 0.6) is 0 Å². The number of carbonyl (C=O) groups excluding carboxylic acids is 1. The molecule has 2 aromatic heterocycles. The standard InChI is InChI=1S/C13H14N4O2S/c1-3-19-12(18)10-8-5-4-7-6-14-13(20)15-9(7)11(8)17(2)16-10/h6H,3-5H2,1-2H3,(H,14,15,20). The lowest BCUT2D eigenvalue weighted by atomic mass is 9.93. The first kappa shape index (κ1) is 13.0. The summed E-state index contributed by atoms with van der Waals surface area (Å²) in [5.74, 6) is -0.375. The number of hydrogen-bond acceptors (Lipinski definition) is 5. The number of aromatic amines is 1. The normalized spacial score (nSPS) is 12.7. The zero-order valence-electron chi connectivity index (χ0n) is 11.3. The average molecular weight is 290 g/mol. The van der Waals surface area contributed by atoms with Gasteiger partial charge in [-0.1, -0.05) is 0 Å². The van der Waals surface area contributed by atoms with Crippen LogP contribution in [0.4, 0.5) is 0 Å². The van der Waals surface area contributed by atoms with Gasteiger partial charge in [0.1, 0.15) is 0 Å². The molecule has 0 saturated carbocycles. The quantitative estimate of drug-likeness (QED) is 0.674. The molecule has 0 spiro atoms. The molecule has 0 radical (unpaired) electrons. The monoisotopic (exact) mass is 290 g/mol. The molecule has 0 fully saturated rings. The second kappa shape index (κ2) is 4.82. The van der Waals surface area contributed by atoms with Crippen molar-refractivity contribution in [3.8, 4) is 11.4 Å². The molecule has 0 aliphatic heterocycles. The molecule has 2 heterocycles. The van der Waals surface area contributed by atoms with Crippen LogP contribution >= 0.6 is 12.2 Å². The fraction of sp³-hybridized carbons (Fsp3) is 0.385. The molecule has 1 N–H and O–H groups in total. The van der Waals surface area contributed by atoms with Gasteiger partial charge in [0.15, 0.2) is 10.5 Å². The molecule has 0 bridgehead atoms. The number of esters is 1. The summed E-state index contributed by atoms with van der Waals surface area (Å²) < 4.78 is 7.19. The molecule has 0 aromatic carbocycles. The third-order valence-corrected chi connectivity index (χ3v) is 3.59. The number of aromatic nitrogens is 4. The summed E-state index contributed by atoms with van der Waals surface area (Å²) in [4.78, 5) is 19.2. The Kier molecular flexibility index (Phi) is 3.13. The molecule has 1 aliphatic carbocycles. The van der Waals surface area contributed by atoms with Crippen molar-refractivity contribution in [3.63, 3.8) is 0 Å². The van der Waals surface area contributed by atoms with Crippen LogP contribution in [0.3, 0.4) is 0 Å². The van der Waals surface area contributed by atoms with Crippen LogP contribution in [-0.2, 0) is 24.6 Å². The van der Waals surface area contributed by atoms with Gasteiger partial charge in [0.25, 0.3) is 0 Å². The molecule has 104 valence electrons. The van der Waals surface area contributed by atoms with E-state index in [2.05, 4.69) is 15.1 Å². The minimum atomic E-state index is -0.375. The lowest BCUT2D eigenvalue weighted by Gasteiger charge is -2.16. The molecule has 0 atom stereocenters. The average Bonchev–Trinajstić information content (AvgIpc) is 2.77. The summed E-state index contributed by atoms with van der Waals surface area (Å²) in [6, 6.07) is 0. The van der Waals surface area contributed by atoms with E-state index in [1.807, 2.05) is 7.05 Å². The lowest BCUT2D eigenvalue weighted by Crippen LogP contribution is -2.12. The minimum absolute atomic E-state index is 0.340. The molecule has 1 aliphatic rings. The molecule has 0 unspecified atom stereocenters. The third-order valence-electron chi connectivity index (χ3n) is 3.39. The van der Waals surface area contributed by atoms with E-state index in [9.17, 15) is 4.79 Å². The van der Waals surface area contributed by atoms with Crippen LogP contribution in [0.25, 0.3) is 11.4 Å². The fourth-order valence-electron chi connectivity index (χ4n) is 2.56. The number of aryl methyl sites for hydroxylation is 2. The van der Waals surface area contributed by atoms with E-state index in [0.29, 0.717) is 17.1 Å². The fourth-order valence-corrected chi connectivity index (χ4v) is 2.72. The van der Waals surface area contributed by atoms with Gasteiger partial charge >= 0.3 is 5.97 Å². The molecular weight excluding hydrogens is 276 g/mol. The van der Waals surface area contributed by atoms with Crippen molar-refractivity contribution in [2.24, 2.45) is 7.05 Å². The number of carbonyl (C=O) groups is 1. The van der Waals surface area contributed by atoms with Crippen molar-refractivity contribution in [1.29, 1.82) is 0 Å². The maximum atomic E-state index is 12.0. The molecule has 0 saturated heterocycles. The Morgan fingerprint density at radius 1 is 1.55 bits per heavy atom. The van der Waals surface area contributed by atoms with E-state index in [0.717, 1.165) is 35.4 Å². The van der Waals surface area contributed by atoms with Gasteiger partial charge in [-0.3, -0.25) is 4.68 Å². The zero-order chi connectivity index (χ0) is 14.3. The first-order valence-corrected chi connectivity index (χ1v) is 6.84.